The van der Waals surface area contributed by atoms with Gasteiger partial charge in [-0.15, -0.1) is 11.8 Å². The molecule has 0 aromatic carbocycles. The predicted octanol–water partition coefficient (Wildman–Crippen LogP) is 5.14. The molecule has 2 aromatic heterocycles. The molecule has 0 amide bonds. The molecular formula is C21H30IN4O4PS. The molecule has 0 saturated carbocycles. The van der Waals surface area contributed by atoms with E-state index in [0.29, 0.717) is 43.1 Å². The number of aryl methyl sites for hydroxylation is 1. The summed E-state index contributed by atoms with van der Waals surface area (Å²) in [7, 11) is 0. The molecule has 1 saturated heterocycles. The van der Waals surface area contributed by atoms with E-state index in [-0.39, 0.29) is 17.4 Å². The van der Waals surface area contributed by atoms with Crippen LogP contribution < -0.4 is 0 Å². The summed E-state index contributed by atoms with van der Waals surface area (Å²) in [5.74, 6) is -2.82. The number of carbonyl (C=O) groups is 2. The van der Waals surface area contributed by atoms with Gasteiger partial charge < -0.3 is 9.47 Å². The lowest BCUT2D eigenvalue weighted by molar-refractivity contribution is -0.186. The quantitative estimate of drug-likeness (QED) is 0.0836. The van der Waals surface area contributed by atoms with Crippen molar-refractivity contribution in [2.75, 3.05) is 19.5 Å². The Balaban J connectivity index is 2.03. The monoisotopic (exact) mass is 592 g/mol. The fourth-order valence-electron chi connectivity index (χ4n) is 3.95. The standard InChI is InChI=1S/C21H30IN4O4PS/c1-5-7-9-14(17(28)21(10-8-6-2)29-11-12-30-21)16(27)18-23-19-15(20(24-18)32-4)13(3)25-26(19)31-22/h14,31H,5-12H2,1-4H3. The average Bonchev–Trinajstić information content (AvgIpc) is 3.42. The molecule has 2 unspecified atom stereocenters. The van der Waals surface area contributed by atoms with Crippen LogP contribution in [0.3, 0.4) is 0 Å². The van der Waals surface area contributed by atoms with Gasteiger partial charge in [0.05, 0.1) is 36.6 Å². The van der Waals surface area contributed by atoms with Crippen molar-refractivity contribution in [3.05, 3.63) is 11.5 Å². The highest BCUT2D eigenvalue weighted by molar-refractivity contribution is 14.2. The van der Waals surface area contributed by atoms with Gasteiger partial charge in [-0.1, -0.05) is 33.1 Å². The van der Waals surface area contributed by atoms with Crippen LogP contribution >= 0.6 is 40.2 Å². The van der Waals surface area contributed by atoms with E-state index >= 15 is 0 Å². The maximum absolute atomic E-state index is 13.7. The topological polar surface area (TPSA) is 96.2 Å². The number of ether oxygens (including phenoxy) is 2. The Bertz CT molecular complexity index is 980. The van der Waals surface area contributed by atoms with Crippen molar-refractivity contribution in [3.8, 4) is 0 Å². The zero-order valence-electron chi connectivity index (χ0n) is 18.9. The van der Waals surface area contributed by atoms with Gasteiger partial charge in [-0.3, -0.25) is 9.59 Å². The predicted molar refractivity (Wildman–Crippen MR) is 136 cm³/mol. The summed E-state index contributed by atoms with van der Waals surface area (Å²) in [5.41, 5.74) is 1.46. The molecule has 1 aliphatic heterocycles. The summed E-state index contributed by atoms with van der Waals surface area (Å²) in [4.78, 5) is 36.5. The Morgan fingerprint density at radius 2 is 1.91 bits per heavy atom. The van der Waals surface area contributed by atoms with Gasteiger partial charge in [0.1, 0.15) is 5.03 Å². The van der Waals surface area contributed by atoms with E-state index in [1.807, 2.05) is 20.1 Å². The number of hydrogen-bond donors (Lipinski definition) is 0. The lowest BCUT2D eigenvalue weighted by Crippen LogP contribution is -2.46. The first-order chi connectivity index (χ1) is 15.4. The third-order valence-electron chi connectivity index (χ3n) is 5.63. The molecule has 1 aliphatic rings. The van der Waals surface area contributed by atoms with Crippen LogP contribution in [0.1, 0.15) is 68.7 Å². The fourth-order valence-corrected chi connectivity index (χ4v) is 6.01. The molecule has 0 aliphatic carbocycles. The number of nitrogens with zero attached hydrogens (tertiary/aromatic N) is 4. The fraction of sp³-hybridized carbons (Fsp3) is 0.667. The minimum atomic E-state index is -1.33. The summed E-state index contributed by atoms with van der Waals surface area (Å²) in [5, 5.41) is 6.10. The van der Waals surface area contributed by atoms with Gasteiger partial charge >= 0.3 is 0 Å². The van der Waals surface area contributed by atoms with Gasteiger partial charge in [0.25, 0.3) is 0 Å². The minimum absolute atomic E-state index is 0.0655. The van der Waals surface area contributed by atoms with Crippen LogP contribution in [0, 0.1) is 12.8 Å². The highest BCUT2D eigenvalue weighted by Gasteiger charge is 2.49. The number of unbranched alkanes of at least 4 members (excludes halogenated alkanes) is 2. The number of fused-ring (bicyclic) bond motifs is 1. The van der Waals surface area contributed by atoms with Crippen LogP contribution in [0.15, 0.2) is 5.03 Å². The van der Waals surface area contributed by atoms with E-state index in [0.717, 1.165) is 36.8 Å². The number of ketones is 2. The molecule has 3 heterocycles. The second-order valence-corrected chi connectivity index (χ2v) is 10.6. The highest BCUT2D eigenvalue weighted by Crippen LogP contribution is 2.35. The summed E-state index contributed by atoms with van der Waals surface area (Å²) in [6, 6.07) is 0. The number of thioether (sulfide) groups is 1. The maximum atomic E-state index is 13.7. The van der Waals surface area contributed by atoms with Gasteiger partial charge in [-0.2, -0.15) is 5.10 Å². The third-order valence-corrected chi connectivity index (χ3v) is 8.16. The largest absolute Gasteiger partial charge is 0.341 e. The minimum Gasteiger partial charge on any atom is -0.341 e. The van der Waals surface area contributed by atoms with E-state index in [2.05, 4.69) is 44.0 Å². The molecular weight excluding hydrogens is 562 g/mol. The van der Waals surface area contributed by atoms with E-state index in [1.165, 1.54) is 11.8 Å². The van der Waals surface area contributed by atoms with Crippen LogP contribution in [-0.4, -0.2) is 56.3 Å². The van der Waals surface area contributed by atoms with Crippen molar-refractivity contribution in [1.82, 2.24) is 19.5 Å². The molecule has 8 nitrogen and oxygen atoms in total. The molecule has 1 fully saturated rings. The lowest BCUT2D eigenvalue weighted by Gasteiger charge is -2.29. The second kappa shape index (κ2) is 11.6. The molecule has 0 N–H and O–H groups in total. The molecule has 2 atom stereocenters. The zero-order chi connectivity index (χ0) is 23.3. The van der Waals surface area contributed by atoms with Crippen LogP contribution in [-0.2, 0) is 14.3 Å². The number of hydrogen-bond acceptors (Lipinski definition) is 8. The van der Waals surface area contributed by atoms with Crippen LogP contribution in [0.2, 0.25) is 0 Å². The Morgan fingerprint density at radius 1 is 1.22 bits per heavy atom. The normalized spacial score (nSPS) is 16.9. The van der Waals surface area contributed by atoms with Crippen LogP contribution in [0.25, 0.3) is 11.0 Å². The molecule has 11 heteroatoms. The van der Waals surface area contributed by atoms with Crippen LogP contribution in [0.5, 0.6) is 0 Å². The van der Waals surface area contributed by atoms with Gasteiger partial charge in [0, 0.05) is 6.42 Å². The maximum Gasteiger partial charge on any atom is 0.229 e. The van der Waals surface area contributed by atoms with Crippen molar-refractivity contribution < 1.29 is 19.1 Å². The summed E-state index contributed by atoms with van der Waals surface area (Å²) in [6.45, 7) is 6.73. The molecule has 3 rings (SSSR count). The Kier molecular flexibility index (Phi) is 9.43. The van der Waals surface area contributed by atoms with Gasteiger partial charge in [0.15, 0.2) is 11.5 Å². The molecule has 2 aromatic rings. The first-order valence-corrected chi connectivity index (χ1v) is 16.2. The third kappa shape index (κ3) is 5.19. The molecule has 0 spiro atoms. The first-order valence-electron chi connectivity index (χ1n) is 11.0. The van der Waals surface area contributed by atoms with Crippen molar-refractivity contribution in [3.63, 3.8) is 0 Å². The van der Waals surface area contributed by atoms with E-state index < -0.39 is 11.7 Å². The van der Waals surface area contributed by atoms with Crippen molar-refractivity contribution in [2.45, 2.75) is 70.1 Å². The molecule has 32 heavy (non-hydrogen) atoms. The van der Waals surface area contributed by atoms with Crippen molar-refractivity contribution >= 4 is 62.8 Å². The zero-order valence-corrected chi connectivity index (χ0v) is 22.9. The van der Waals surface area contributed by atoms with Crippen LogP contribution in [0.4, 0.5) is 0 Å². The number of carbonyl (C=O) groups excluding carboxylic acids is 2. The first kappa shape index (κ1) is 25.9. The summed E-state index contributed by atoms with van der Waals surface area (Å²) < 4.78 is 13.4. The summed E-state index contributed by atoms with van der Waals surface area (Å²) in [6.07, 6.45) is 6.45. The Morgan fingerprint density at radius 3 is 2.50 bits per heavy atom. The number of Topliss-reactive ketones (excluding diaryl/α,β-unsaturated/α-hetero) is 2. The lowest BCUT2D eigenvalue weighted by atomic mass is 9.86. The second-order valence-electron chi connectivity index (χ2n) is 7.81. The smallest absolute Gasteiger partial charge is 0.229 e. The van der Waals surface area contributed by atoms with Gasteiger partial charge in [-0.05, 0) is 48.1 Å². The van der Waals surface area contributed by atoms with Gasteiger partial charge in [0.2, 0.25) is 17.4 Å². The number of aromatic nitrogens is 4. The number of rotatable bonds is 12. The van der Waals surface area contributed by atoms with E-state index in [9.17, 15) is 9.59 Å². The molecule has 176 valence electrons. The SMILES string of the molecule is CCCCC(C(=O)c1nc(SC)c2c(C)nn(PI)c2n1)C(=O)C1(CCCC)OCCO1. The summed E-state index contributed by atoms with van der Waals surface area (Å²) >= 11 is 3.69. The van der Waals surface area contributed by atoms with Gasteiger partial charge in [-0.25, -0.2) is 14.4 Å². The molecule has 0 radical (unpaired) electrons. The number of halogens is 1. The average molecular weight is 592 g/mol. The Labute approximate surface area is 207 Å². The Hall–Kier alpha value is -0.680. The highest BCUT2D eigenvalue weighted by atomic mass is 127. The van der Waals surface area contributed by atoms with Crippen molar-refractivity contribution in [1.29, 1.82) is 0 Å². The van der Waals surface area contributed by atoms with Crippen molar-refractivity contribution in [2.24, 2.45) is 5.92 Å². The van der Waals surface area contributed by atoms with E-state index in [1.54, 1.807) is 4.45 Å². The molecule has 0 bridgehead atoms. The van der Waals surface area contributed by atoms with E-state index in [4.69, 9.17) is 9.47 Å².